The lowest BCUT2D eigenvalue weighted by atomic mass is 10.1. The van der Waals surface area contributed by atoms with Gasteiger partial charge in [0.25, 0.3) is 0 Å². The Labute approximate surface area is 97.8 Å². The Morgan fingerprint density at radius 3 is 2.59 bits per heavy atom. The van der Waals surface area contributed by atoms with Crippen LogP contribution in [-0.2, 0) is 0 Å². The normalized spacial score (nSPS) is 9.94. The van der Waals surface area contributed by atoms with E-state index in [-0.39, 0.29) is 5.82 Å². The smallest absolute Gasteiger partial charge is 0.364 e. The second-order valence-electron chi connectivity index (χ2n) is 3.37. The standard InChI is InChI=1S/C12H10N2O3/c1-17-11-8-13-12(14(15)16)7-10(11)9-5-3-2-4-6-9/h2-8H,1H3. The highest BCUT2D eigenvalue weighted by molar-refractivity contribution is 5.71. The van der Waals surface area contributed by atoms with E-state index in [4.69, 9.17) is 4.74 Å². The Kier molecular flexibility index (Phi) is 3.00. The van der Waals surface area contributed by atoms with Gasteiger partial charge in [0.1, 0.15) is 0 Å². The third-order valence-electron chi connectivity index (χ3n) is 2.34. The molecule has 0 aliphatic rings. The molecule has 2 rings (SSSR count). The molecule has 1 aromatic heterocycles. The van der Waals surface area contributed by atoms with Crippen molar-refractivity contribution in [2.45, 2.75) is 0 Å². The molecule has 2 aromatic rings. The van der Waals surface area contributed by atoms with E-state index >= 15 is 0 Å². The number of ether oxygens (including phenoxy) is 1. The van der Waals surface area contributed by atoms with Crippen molar-refractivity contribution >= 4 is 5.82 Å². The minimum atomic E-state index is -0.522. The van der Waals surface area contributed by atoms with Crippen LogP contribution in [0, 0.1) is 10.1 Å². The van der Waals surface area contributed by atoms with E-state index in [0.717, 1.165) is 5.56 Å². The Hall–Kier alpha value is -2.43. The molecule has 0 aliphatic heterocycles. The maximum Gasteiger partial charge on any atom is 0.364 e. The third kappa shape index (κ3) is 2.23. The number of methoxy groups -OCH3 is 1. The monoisotopic (exact) mass is 230 g/mol. The number of nitrogens with zero attached hydrogens (tertiary/aromatic N) is 2. The number of rotatable bonds is 3. The summed E-state index contributed by atoms with van der Waals surface area (Å²) in [4.78, 5) is 13.9. The molecule has 0 unspecified atom stereocenters. The van der Waals surface area contributed by atoms with E-state index in [1.165, 1.54) is 19.4 Å². The van der Waals surface area contributed by atoms with Gasteiger partial charge in [-0.05, 0) is 15.5 Å². The Morgan fingerprint density at radius 1 is 1.29 bits per heavy atom. The predicted molar refractivity (Wildman–Crippen MR) is 62.9 cm³/mol. The molecule has 0 saturated carbocycles. The summed E-state index contributed by atoms with van der Waals surface area (Å²) in [6.45, 7) is 0. The zero-order valence-corrected chi connectivity index (χ0v) is 9.16. The van der Waals surface area contributed by atoms with Crippen LogP contribution in [0.4, 0.5) is 5.82 Å². The molecule has 0 amide bonds. The van der Waals surface area contributed by atoms with Crippen molar-refractivity contribution in [1.82, 2.24) is 4.98 Å². The van der Waals surface area contributed by atoms with E-state index in [2.05, 4.69) is 4.98 Å². The van der Waals surface area contributed by atoms with Crippen LogP contribution in [0.3, 0.4) is 0 Å². The fraction of sp³-hybridized carbons (Fsp3) is 0.0833. The van der Waals surface area contributed by atoms with Gasteiger partial charge in [-0.3, -0.25) is 0 Å². The summed E-state index contributed by atoms with van der Waals surface area (Å²) >= 11 is 0. The van der Waals surface area contributed by atoms with Crippen molar-refractivity contribution < 1.29 is 9.66 Å². The molecule has 1 heterocycles. The molecule has 0 radical (unpaired) electrons. The van der Waals surface area contributed by atoms with E-state index < -0.39 is 4.92 Å². The van der Waals surface area contributed by atoms with Gasteiger partial charge in [-0.25, -0.2) is 0 Å². The molecular weight excluding hydrogens is 220 g/mol. The van der Waals surface area contributed by atoms with Crippen molar-refractivity contribution in [3.05, 3.63) is 52.7 Å². The molecule has 0 fully saturated rings. The number of hydrogen-bond acceptors (Lipinski definition) is 4. The van der Waals surface area contributed by atoms with Crippen LogP contribution >= 0.6 is 0 Å². The van der Waals surface area contributed by atoms with Gasteiger partial charge >= 0.3 is 5.82 Å². The lowest BCUT2D eigenvalue weighted by molar-refractivity contribution is -0.389. The largest absolute Gasteiger partial charge is 0.492 e. The van der Waals surface area contributed by atoms with E-state index in [1.54, 1.807) is 0 Å². The van der Waals surface area contributed by atoms with Gasteiger partial charge in [0, 0.05) is 11.6 Å². The van der Waals surface area contributed by atoms with Crippen molar-refractivity contribution in [1.29, 1.82) is 0 Å². The lowest BCUT2D eigenvalue weighted by Crippen LogP contribution is -1.95. The Balaban J connectivity index is 2.58. The third-order valence-corrected chi connectivity index (χ3v) is 2.34. The topological polar surface area (TPSA) is 65.3 Å². The van der Waals surface area contributed by atoms with Gasteiger partial charge in [0.05, 0.1) is 7.11 Å². The summed E-state index contributed by atoms with van der Waals surface area (Å²) in [5.74, 6) is 0.325. The average molecular weight is 230 g/mol. The van der Waals surface area contributed by atoms with Gasteiger partial charge in [-0.2, -0.15) is 0 Å². The number of nitro groups is 1. The summed E-state index contributed by atoms with van der Waals surface area (Å²) in [7, 11) is 1.51. The first-order valence-electron chi connectivity index (χ1n) is 4.96. The number of aromatic nitrogens is 1. The molecular formula is C12H10N2O3. The van der Waals surface area contributed by atoms with Crippen molar-refractivity contribution in [2.75, 3.05) is 7.11 Å². The van der Waals surface area contributed by atoms with Gasteiger partial charge in [0.15, 0.2) is 11.9 Å². The summed E-state index contributed by atoms with van der Waals surface area (Å²) in [5.41, 5.74) is 1.52. The van der Waals surface area contributed by atoms with Gasteiger partial charge in [-0.15, -0.1) is 0 Å². The fourth-order valence-corrected chi connectivity index (χ4v) is 1.54. The average Bonchev–Trinajstić information content (AvgIpc) is 2.39. The molecule has 0 bridgehead atoms. The molecule has 17 heavy (non-hydrogen) atoms. The summed E-state index contributed by atoms with van der Waals surface area (Å²) < 4.78 is 5.15. The molecule has 0 atom stereocenters. The highest BCUT2D eigenvalue weighted by Gasteiger charge is 2.14. The molecule has 0 N–H and O–H groups in total. The molecule has 0 spiro atoms. The van der Waals surface area contributed by atoms with Crippen LogP contribution in [0.2, 0.25) is 0 Å². The first-order chi connectivity index (χ1) is 8.22. The van der Waals surface area contributed by atoms with Crippen LogP contribution < -0.4 is 4.74 Å². The van der Waals surface area contributed by atoms with E-state index in [0.29, 0.717) is 11.3 Å². The van der Waals surface area contributed by atoms with Crippen molar-refractivity contribution in [3.63, 3.8) is 0 Å². The second kappa shape index (κ2) is 4.61. The Bertz CT molecular complexity index is 541. The predicted octanol–water partition coefficient (Wildman–Crippen LogP) is 2.67. The van der Waals surface area contributed by atoms with E-state index in [9.17, 15) is 10.1 Å². The molecule has 86 valence electrons. The Morgan fingerprint density at radius 2 is 2.00 bits per heavy atom. The number of hydrogen-bond donors (Lipinski definition) is 0. The summed E-state index contributed by atoms with van der Waals surface area (Å²) in [6, 6.07) is 10.7. The summed E-state index contributed by atoms with van der Waals surface area (Å²) in [5, 5.41) is 10.7. The first kappa shape index (κ1) is 11.1. The second-order valence-corrected chi connectivity index (χ2v) is 3.37. The molecule has 5 heteroatoms. The summed E-state index contributed by atoms with van der Waals surface area (Å²) in [6.07, 6.45) is 1.36. The minimum absolute atomic E-state index is 0.190. The maximum atomic E-state index is 10.7. The molecule has 0 aliphatic carbocycles. The fourth-order valence-electron chi connectivity index (χ4n) is 1.54. The van der Waals surface area contributed by atoms with E-state index in [1.807, 2.05) is 30.3 Å². The van der Waals surface area contributed by atoms with Crippen LogP contribution in [0.5, 0.6) is 5.75 Å². The minimum Gasteiger partial charge on any atom is -0.492 e. The quantitative estimate of drug-likeness (QED) is 0.600. The van der Waals surface area contributed by atoms with Gasteiger partial charge in [-0.1, -0.05) is 30.3 Å². The lowest BCUT2D eigenvalue weighted by Gasteiger charge is -2.06. The number of benzene rings is 1. The first-order valence-corrected chi connectivity index (χ1v) is 4.96. The van der Waals surface area contributed by atoms with Gasteiger partial charge < -0.3 is 14.9 Å². The highest BCUT2D eigenvalue weighted by atomic mass is 16.6. The van der Waals surface area contributed by atoms with Gasteiger partial charge in [0.2, 0.25) is 0 Å². The number of pyridine rings is 1. The zero-order chi connectivity index (χ0) is 12.3. The van der Waals surface area contributed by atoms with Crippen LogP contribution in [0.1, 0.15) is 0 Å². The zero-order valence-electron chi connectivity index (χ0n) is 9.16. The maximum absolute atomic E-state index is 10.7. The van der Waals surface area contributed by atoms with Crippen molar-refractivity contribution in [2.24, 2.45) is 0 Å². The van der Waals surface area contributed by atoms with Crippen LogP contribution in [0.15, 0.2) is 42.6 Å². The van der Waals surface area contributed by atoms with Crippen LogP contribution in [-0.4, -0.2) is 17.0 Å². The molecule has 1 aromatic carbocycles. The van der Waals surface area contributed by atoms with Crippen molar-refractivity contribution in [3.8, 4) is 16.9 Å². The SMILES string of the molecule is COc1cnc([N+](=O)[O-])cc1-c1ccccc1. The van der Waals surface area contributed by atoms with Crippen LogP contribution in [0.25, 0.3) is 11.1 Å². The molecule has 0 saturated heterocycles. The highest BCUT2D eigenvalue weighted by Crippen LogP contribution is 2.31. The molecule has 5 nitrogen and oxygen atoms in total.